The molecule has 0 aromatic heterocycles. The SMILES string of the molecule is CCO[C@H](CC/C=C/C(=O)NO)[C@H](OC(=O)Nc1ccc(Br)cc1)c1cc(Br)ccc1O. The fraction of sp³-hybridized carbons (Fsp3) is 0.273. The van der Waals surface area contributed by atoms with E-state index in [1.54, 1.807) is 42.5 Å². The lowest BCUT2D eigenvalue weighted by atomic mass is 9.99. The van der Waals surface area contributed by atoms with E-state index in [-0.39, 0.29) is 5.75 Å². The lowest BCUT2D eigenvalue weighted by Crippen LogP contribution is -2.29. The first-order valence-corrected chi connectivity index (χ1v) is 11.4. The largest absolute Gasteiger partial charge is 0.508 e. The number of allylic oxidation sites excluding steroid dienone is 1. The molecule has 0 bridgehead atoms. The maximum absolute atomic E-state index is 12.7. The topological polar surface area (TPSA) is 117 Å². The maximum Gasteiger partial charge on any atom is 0.412 e. The van der Waals surface area contributed by atoms with Gasteiger partial charge in [0.15, 0.2) is 6.10 Å². The Hall–Kier alpha value is -2.40. The number of carbonyl (C=O) groups excluding carboxylic acids is 2. The molecule has 4 N–H and O–H groups in total. The molecule has 0 fully saturated rings. The van der Waals surface area contributed by atoms with Crippen molar-refractivity contribution >= 4 is 49.5 Å². The monoisotopic (exact) mass is 570 g/mol. The third-order valence-corrected chi connectivity index (χ3v) is 5.36. The Bertz CT molecular complexity index is 937. The third-order valence-electron chi connectivity index (χ3n) is 4.34. The summed E-state index contributed by atoms with van der Waals surface area (Å²) < 4.78 is 13.1. The lowest BCUT2D eigenvalue weighted by molar-refractivity contribution is -0.124. The van der Waals surface area contributed by atoms with Crippen LogP contribution in [0.1, 0.15) is 31.4 Å². The minimum atomic E-state index is -0.928. The summed E-state index contributed by atoms with van der Waals surface area (Å²) in [6, 6.07) is 11.8. The number of phenols is 1. The molecule has 32 heavy (non-hydrogen) atoms. The Morgan fingerprint density at radius 1 is 1.12 bits per heavy atom. The van der Waals surface area contributed by atoms with Gasteiger partial charge in [-0.15, -0.1) is 0 Å². The number of halogens is 2. The minimum absolute atomic E-state index is 0.0467. The van der Waals surface area contributed by atoms with E-state index >= 15 is 0 Å². The Balaban J connectivity index is 2.25. The summed E-state index contributed by atoms with van der Waals surface area (Å²) >= 11 is 6.72. The minimum Gasteiger partial charge on any atom is -0.508 e. The molecule has 0 radical (unpaired) electrons. The van der Waals surface area contributed by atoms with Crippen molar-refractivity contribution in [2.75, 3.05) is 11.9 Å². The number of ether oxygens (including phenoxy) is 2. The van der Waals surface area contributed by atoms with Crippen LogP contribution in [-0.2, 0) is 14.3 Å². The molecule has 2 aromatic carbocycles. The molecule has 2 aromatic rings. The normalized spacial score (nSPS) is 12.9. The van der Waals surface area contributed by atoms with Crippen molar-refractivity contribution in [3.05, 3.63) is 69.1 Å². The number of phenolic OH excluding ortho intramolecular Hbond substituents is 1. The fourth-order valence-corrected chi connectivity index (χ4v) is 3.56. The molecule has 0 heterocycles. The fourth-order valence-electron chi connectivity index (χ4n) is 2.91. The zero-order chi connectivity index (χ0) is 23.5. The van der Waals surface area contributed by atoms with Gasteiger partial charge in [0.25, 0.3) is 5.91 Å². The van der Waals surface area contributed by atoms with Gasteiger partial charge in [0.1, 0.15) is 5.75 Å². The Morgan fingerprint density at radius 3 is 2.47 bits per heavy atom. The van der Waals surface area contributed by atoms with Crippen LogP contribution in [0.5, 0.6) is 5.75 Å². The zero-order valence-corrected chi connectivity index (χ0v) is 20.4. The number of hydroxylamine groups is 1. The molecule has 10 heteroatoms. The molecule has 0 unspecified atom stereocenters. The van der Waals surface area contributed by atoms with Crippen molar-refractivity contribution in [1.82, 2.24) is 5.48 Å². The average Bonchev–Trinajstić information content (AvgIpc) is 2.77. The van der Waals surface area contributed by atoms with Gasteiger partial charge in [-0.25, -0.2) is 10.3 Å². The standard InChI is InChI=1S/C22H24Br2N2O6/c1-2-31-19(5-3-4-6-20(28)26-30)21(17-13-15(24)9-12-18(17)27)32-22(29)25-16-10-7-14(23)8-11-16/h4,6-13,19,21,27,30H,2-3,5H2,1H3,(H,25,29)(H,26,28)/b6-4+/t19-,21-/m1/s1. The number of benzene rings is 2. The first kappa shape index (κ1) is 25.9. The van der Waals surface area contributed by atoms with E-state index < -0.39 is 24.2 Å². The smallest absolute Gasteiger partial charge is 0.412 e. The van der Waals surface area contributed by atoms with Gasteiger partial charge in [0, 0.05) is 32.9 Å². The molecular formula is C22H24Br2N2O6. The number of rotatable bonds is 10. The van der Waals surface area contributed by atoms with Gasteiger partial charge in [0.05, 0.1) is 6.10 Å². The molecule has 172 valence electrons. The third kappa shape index (κ3) is 8.27. The number of amides is 2. The van der Waals surface area contributed by atoms with Crippen LogP contribution in [0.4, 0.5) is 10.5 Å². The highest BCUT2D eigenvalue weighted by atomic mass is 79.9. The second-order valence-corrected chi connectivity index (χ2v) is 8.44. The summed E-state index contributed by atoms with van der Waals surface area (Å²) in [7, 11) is 0. The molecule has 0 spiro atoms. The highest BCUT2D eigenvalue weighted by Crippen LogP contribution is 2.35. The van der Waals surface area contributed by atoms with E-state index in [9.17, 15) is 14.7 Å². The van der Waals surface area contributed by atoms with Gasteiger partial charge < -0.3 is 14.6 Å². The molecule has 0 aliphatic heterocycles. The Morgan fingerprint density at radius 2 is 1.81 bits per heavy atom. The summed E-state index contributed by atoms with van der Waals surface area (Å²) in [6.07, 6.45) is 1.29. The second-order valence-electron chi connectivity index (χ2n) is 6.61. The first-order chi connectivity index (χ1) is 15.3. The lowest BCUT2D eigenvalue weighted by Gasteiger charge is -2.28. The van der Waals surface area contributed by atoms with Crippen LogP contribution >= 0.6 is 31.9 Å². The molecule has 2 atom stereocenters. The Kier molecular flexibility index (Phi) is 10.7. The van der Waals surface area contributed by atoms with Crippen molar-refractivity contribution in [2.24, 2.45) is 0 Å². The van der Waals surface area contributed by atoms with Crippen LogP contribution < -0.4 is 10.8 Å². The van der Waals surface area contributed by atoms with Crippen molar-refractivity contribution in [1.29, 1.82) is 0 Å². The van der Waals surface area contributed by atoms with Crippen LogP contribution in [0.25, 0.3) is 0 Å². The van der Waals surface area contributed by atoms with Crippen molar-refractivity contribution in [2.45, 2.75) is 32.0 Å². The molecule has 0 saturated heterocycles. The number of hydrogen-bond acceptors (Lipinski definition) is 6. The first-order valence-electron chi connectivity index (χ1n) is 9.77. The van der Waals surface area contributed by atoms with Gasteiger partial charge in [-0.1, -0.05) is 37.9 Å². The molecule has 8 nitrogen and oxygen atoms in total. The van der Waals surface area contributed by atoms with Gasteiger partial charge in [-0.2, -0.15) is 0 Å². The van der Waals surface area contributed by atoms with E-state index in [0.29, 0.717) is 35.2 Å². The summed E-state index contributed by atoms with van der Waals surface area (Å²) in [6.45, 7) is 2.15. The molecule has 2 amide bonds. The number of carbonyl (C=O) groups is 2. The molecule has 0 saturated carbocycles. The summed E-state index contributed by atoms with van der Waals surface area (Å²) in [5.41, 5.74) is 2.44. The molecule has 2 rings (SSSR count). The summed E-state index contributed by atoms with van der Waals surface area (Å²) in [4.78, 5) is 23.8. The maximum atomic E-state index is 12.7. The highest BCUT2D eigenvalue weighted by molar-refractivity contribution is 9.10. The molecular weight excluding hydrogens is 548 g/mol. The van der Waals surface area contributed by atoms with Crippen LogP contribution in [0.3, 0.4) is 0 Å². The zero-order valence-electron chi connectivity index (χ0n) is 17.3. The predicted octanol–water partition coefficient (Wildman–Crippen LogP) is 5.45. The van der Waals surface area contributed by atoms with Crippen molar-refractivity contribution in [3.8, 4) is 5.75 Å². The van der Waals surface area contributed by atoms with Crippen molar-refractivity contribution < 1.29 is 29.4 Å². The number of anilines is 1. The molecule has 0 aliphatic rings. The molecule has 0 aliphatic carbocycles. The summed E-state index contributed by atoms with van der Waals surface area (Å²) in [5.74, 6) is -0.696. The van der Waals surface area contributed by atoms with Crippen LogP contribution in [0, 0.1) is 0 Å². The Labute approximate surface area is 202 Å². The van der Waals surface area contributed by atoms with Crippen LogP contribution in [0.15, 0.2) is 63.6 Å². The van der Waals surface area contributed by atoms with Crippen LogP contribution in [-0.4, -0.2) is 35.0 Å². The van der Waals surface area contributed by atoms with Crippen molar-refractivity contribution in [3.63, 3.8) is 0 Å². The summed E-state index contributed by atoms with van der Waals surface area (Å²) in [5, 5.41) is 21.7. The van der Waals surface area contributed by atoms with Gasteiger partial charge >= 0.3 is 6.09 Å². The number of hydrogen-bond donors (Lipinski definition) is 4. The van der Waals surface area contributed by atoms with Crippen LogP contribution in [0.2, 0.25) is 0 Å². The predicted molar refractivity (Wildman–Crippen MR) is 127 cm³/mol. The van der Waals surface area contributed by atoms with Gasteiger partial charge in [0.2, 0.25) is 0 Å². The van der Waals surface area contributed by atoms with E-state index in [4.69, 9.17) is 14.7 Å². The number of nitrogens with one attached hydrogen (secondary N) is 2. The highest BCUT2D eigenvalue weighted by Gasteiger charge is 2.30. The van der Waals surface area contributed by atoms with E-state index in [1.165, 1.54) is 17.6 Å². The quantitative estimate of drug-likeness (QED) is 0.171. The average molecular weight is 572 g/mol. The van der Waals surface area contributed by atoms with E-state index in [1.807, 2.05) is 6.92 Å². The van der Waals surface area contributed by atoms with Gasteiger partial charge in [-0.05, 0) is 62.2 Å². The number of aromatic hydroxyl groups is 1. The van der Waals surface area contributed by atoms with Gasteiger partial charge in [-0.3, -0.25) is 15.3 Å². The van der Waals surface area contributed by atoms with E-state index in [0.717, 1.165) is 4.47 Å². The second kappa shape index (κ2) is 13.2. The van der Waals surface area contributed by atoms with E-state index in [2.05, 4.69) is 37.2 Å².